The molecule has 246 valence electrons. The maximum atomic E-state index is 7.64. The summed E-state index contributed by atoms with van der Waals surface area (Å²) in [6.07, 6.45) is 0. The summed E-state index contributed by atoms with van der Waals surface area (Å²) >= 11 is 0. The van der Waals surface area contributed by atoms with E-state index in [4.69, 9.17) is 12.3 Å². The van der Waals surface area contributed by atoms with Gasteiger partial charge in [-0.25, -0.2) is 0 Å². The van der Waals surface area contributed by atoms with Crippen molar-refractivity contribution in [1.29, 1.82) is 0 Å². The predicted molar refractivity (Wildman–Crippen MR) is 221 cm³/mol. The zero-order valence-electron chi connectivity index (χ0n) is 28.8. The van der Waals surface area contributed by atoms with Gasteiger partial charge in [0.1, 0.15) is 0 Å². The topological polar surface area (TPSA) is 27.7 Å². The molecule has 6 heteroatoms. The maximum Gasteiger partial charge on any atom is 0.352 e. The van der Waals surface area contributed by atoms with E-state index in [1.54, 1.807) is 0 Å². The molecule has 0 bridgehead atoms. The summed E-state index contributed by atoms with van der Waals surface area (Å²) in [7, 11) is -9.55. The molecule has 0 aromatic heterocycles. The second-order valence-electron chi connectivity index (χ2n) is 14.3. The molecule has 9 aromatic rings. The van der Waals surface area contributed by atoms with Gasteiger partial charge in [0.2, 0.25) is 0 Å². The lowest BCUT2D eigenvalue weighted by atomic mass is 10.0. The van der Waals surface area contributed by atoms with Crippen LogP contribution in [0, 0.1) is 0 Å². The van der Waals surface area contributed by atoms with E-state index in [9.17, 15) is 0 Å². The fourth-order valence-corrected chi connectivity index (χ4v) is 25.1. The number of hydrogen-bond donors (Lipinski definition) is 0. The Balaban J connectivity index is 1.24. The zero-order valence-corrected chi connectivity index (χ0v) is 31.8. The molecule has 0 radical (unpaired) electrons. The van der Waals surface area contributed by atoms with Crippen LogP contribution in [0.1, 0.15) is 0 Å². The minimum Gasteiger partial charge on any atom is -0.409 e. The van der Waals surface area contributed by atoms with Crippen molar-refractivity contribution in [3.63, 3.8) is 0 Å². The second-order valence-corrected chi connectivity index (χ2v) is 24.1. The molecule has 0 spiro atoms. The van der Waals surface area contributed by atoms with E-state index in [2.05, 4.69) is 183 Å². The van der Waals surface area contributed by atoms with E-state index in [0.29, 0.717) is 0 Å². The summed E-state index contributed by atoms with van der Waals surface area (Å²) in [4.78, 5) is 0. The van der Waals surface area contributed by atoms with Crippen LogP contribution in [0.2, 0.25) is 19.6 Å². The average molecular weight is 709 g/mol. The second kappa shape index (κ2) is 11.3. The standard InChI is InChI=1S/C45H36O3Si3/c1-49(43-22-10-19-37-25-31-13-4-7-16-34(31)28-40(37)43)46-50(2,44-23-11-20-38-26-32-14-5-8-17-35(32)29-41(38)44)48-51(3,47-49)45-24-12-21-39-27-33-15-6-9-18-36(33)30-42(39)45/h4-30H,1-3H3. The van der Waals surface area contributed by atoms with Crippen LogP contribution in [0.25, 0.3) is 64.6 Å². The molecule has 1 heterocycles. The molecule has 51 heavy (non-hydrogen) atoms. The van der Waals surface area contributed by atoms with Crippen LogP contribution in [0.3, 0.4) is 0 Å². The maximum absolute atomic E-state index is 7.64. The van der Waals surface area contributed by atoms with E-state index in [0.717, 1.165) is 15.6 Å². The monoisotopic (exact) mass is 708 g/mol. The van der Waals surface area contributed by atoms with Crippen molar-refractivity contribution >= 4 is 106 Å². The first-order chi connectivity index (χ1) is 24.8. The highest BCUT2D eigenvalue weighted by Gasteiger charge is 2.60. The predicted octanol–water partition coefficient (Wildman–Crippen LogP) is 9.91. The van der Waals surface area contributed by atoms with Crippen LogP contribution >= 0.6 is 0 Å². The molecular weight excluding hydrogens is 673 g/mol. The van der Waals surface area contributed by atoms with E-state index >= 15 is 0 Å². The van der Waals surface area contributed by atoms with E-state index in [-0.39, 0.29) is 0 Å². The Morgan fingerprint density at radius 3 is 0.784 bits per heavy atom. The van der Waals surface area contributed by atoms with Crippen LogP contribution in [-0.4, -0.2) is 25.7 Å². The summed E-state index contributed by atoms with van der Waals surface area (Å²) in [6.45, 7) is 6.78. The van der Waals surface area contributed by atoms with Gasteiger partial charge < -0.3 is 12.3 Å². The van der Waals surface area contributed by atoms with Gasteiger partial charge >= 0.3 is 25.7 Å². The van der Waals surface area contributed by atoms with Crippen molar-refractivity contribution in [2.75, 3.05) is 0 Å². The molecule has 9 aromatic carbocycles. The van der Waals surface area contributed by atoms with Gasteiger partial charge in [0.05, 0.1) is 0 Å². The van der Waals surface area contributed by atoms with E-state index in [1.807, 2.05) is 0 Å². The van der Waals surface area contributed by atoms with E-state index < -0.39 is 25.7 Å². The fourth-order valence-electron chi connectivity index (χ4n) is 8.60. The lowest BCUT2D eigenvalue weighted by Gasteiger charge is -2.51. The first kappa shape index (κ1) is 30.9. The van der Waals surface area contributed by atoms with E-state index in [1.165, 1.54) is 64.6 Å². The third-order valence-corrected chi connectivity index (χ3v) is 24.5. The summed E-state index contributed by atoms with van der Waals surface area (Å²) in [5.41, 5.74) is 0. The lowest BCUT2D eigenvalue weighted by molar-refractivity contribution is 0.253. The van der Waals surface area contributed by atoms with Crippen LogP contribution in [0.5, 0.6) is 0 Å². The number of benzene rings is 9. The summed E-state index contributed by atoms with van der Waals surface area (Å²) in [6, 6.07) is 59.5. The van der Waals surface area contributed by atoms with Crippen molar-refractivity contribution in [1.82, 2.24) is 0 Å². The first-order valence-electron chi connectivity index (χ1n) is 17.7. The van der Waals surface area contributed by atoms with Gasteiger partial charge in [0.25, 0.3) is 0 Å². The van der Waals surface area contributed by atoms with Gasteiger partial charge in [-0.05, 0) is 121 Å². The highest BCUT2D eigenvalue weighted by Crippen LogP contribution is 2.36. The molecule has 0 aliphatic carbocycles. The normalized spacial score (nSPS) is 22.4. The van der Waals surface area contributed by atoms with Crippen LogP contribution < -0.4 is 15.6 Å². The quantitative estimate of drug-likeness (QED) is 0.135. The molecule has 0 N–H and O–H groups in total. The Labute approximate surface area is 300 Å². The molecule has 1 saturated heterocycles. The minimum absolute atomic E-state index is 1.16. The molecule has 1 fully saturated rings. The highest BCUT2D eigenvalue weighted by molar-refractivity contribution is 7.06. The van der Waals surface area contributed by atoms with Crippen LogP contribution in [0.4, 0.5) is 0 Å². The molecule has 1 aliphatic heterocycles. The molecule has 0 amide bonds. The zero-order chi connectivity index (χ0) is 34.4. The van der Waals surface area contributed by atoms with Crippen LogP contribution in [-0.2, 0) is 12.3 Å². The highest BCUT2D eigenvalue weighted by atomic mass is 28.5. The van der Waals surface area contributed by atoms with Gasteiger partial charge in [0.15, 0.2) is 0 Å². The SMILES string of the molecule is C[Si]1(c2cccc3cc4ccccc4cc23)O[Si](C)(c2cccc3cc4ccccc4cc23)O[Si](C)(c2cccc3cc4ccccc4cc23)O1. The third kappa shape index (κ3) is 4.94. The van der Waals surface area contributed by atoms with Crippen molar-refractivity contribution in [3.05, 3.63) is 164 Å². The van der Waals surface area contributed by atoms with Crippen molar-refractivity contribution < 1.29 is 12.3 Å². The number of fused-ring (bicyclic) bond motifs is 6. The summed E-state index contributed by atoms with van der Waals surface area (Å²) < 4.78 is 22.9. The summed E-state index contributed by atoms with van der Waals surface area (Å²) in [5, 5.41) is 17.9. The third-order valence-electron chi connectivity index (χ3n) is 10.9. The molecule has 1 aliphatic rings. The van der Waals surface area contributed by atoms with Crippen molar-refractivity contribution in [3.8, 4) is 0 Å². The smallest absolute Gasteiger partial charge is 0.352 e. The molecule has 0 saturated carbocycles. The van der Waals surface area contributed by atoms with Gasteiger partial charge in [-0.1, -0.05) is 127 Å². The Morgan fingerprint density at radius 2 is 0.510 bits per heavy atom. The fraction of sp³-hybridized carbons (Fsp3) is 0.0667. The molecule has 0 atom stereocenters. The molecule has 3 nitrogen and oxygen atoms in total. The summed E-state index contributed by atoms with van der Waals surface area (Å²) in [5.74, 6) is 0. The van der Waals surface area contributed by atoms with Gasteiger partial charge in [-0.15, -0.1) is 0 Å². The van der Waals surface area contributed by atoms with Crippen molar-refractivity contribution in [2.24, 2.45) is 0 Å². The average Bonchev–Trinajstić information content (AvgIpc) is 3.14. The van der Waals surface area contributed by atoms with Crippen LogP contribution in [0.15, 0.2) is 164 Å². The molecule has 10 rings (SSSR count). The van der Waals surface area contributed by atoms with Gasteiger partial charge in [-0.2, -0.15) is 0 Å². The van der Waals surface area contributed by atoms with Gasteiger partial charge in [0, 0.05) is 15.6 Å². The molecular formula is C45H36O3Si3. The van der Waals surface area contributed by atoms with Crippen molar-refractivity contribution in [2.45, 2.75) is 19.6 Å². The Morgan fingerprint density at radius 1 is 0.275 bits per heavy atom. The largest absolute Gasteiger partial charge is 0.409 e. The number of rotatable bonds is 3. The first-order valence-corrected chi connectivity index (χ1v) is 24.6. The van der Waals surface area contributed by atoms with Gasteiger partial charge in [-0.3, -0.25) is 0 Å². The molecule has 0 unspecified atom stereocenters. The lowest BCUT2D eigenvalue weighted by Crippen LogP contribution is -2.77. The minimum atomic E-state index is -3.18. The Bertz CT molecular complexity index is 2550. The number of hydrogen-bond acceptors (Lipinski definition) is 3. The Kier molecular flexibility index (Phi) is 6.83. The Hall–Kier alpha value is -4.93.